The van der Waals surface area contributed by atoms with Gasteiger partial charge in [-0.3, -0.25) is 4.79 Å². The number of benzene rings is 1. The Morgan fingerprint density at radius 2 is 1.75 bits per heavy atom. The van der Waals surface area contributed by atoms with E-state index in [1.54, 1.807) is 17.2 Å². The van der Waals surface area contributed by atoms with Crippen molar-refractivity contribution in [1.29, 1.82) is 0 Å². The summed E-state index contributed by atoms with van der Waals surface area (Å²) in [6, 6.07) is 11.6. The lowest BCUT2D eigenvalue weighted by atomic mass is 10.1. The Morgan fingerprint density at radius 3 is 2.50 bits per heavy atom. The lowest BCUT2D eigenvalue weighted by Gasteiger charge is -2.35. The number of amides is 1. The number of piperazine rings is 1. The summed E-state index contributed by atoms with van der Waals surface area (Å²) in [4.78, 5) is 24.0. The third kappa shape index (κ3) is 2.86. The minimum Gasteiger partial charge on any atom is -0.360 e. The van der Waals surface area contributed by atoms with Crippen molar-refractivity contribution < 1.29 is 4.79 Å². The fourth-order valence-corrected chi connectivity index (χ4v) is 3.49. The number of carbonyl (C=O) groups excluding carboxylic acids is 1. The Balaban J connectivity index is 1.26. The summed E-state index contributed by atoms with van der Waals surface area (Å²) in [5, 5.41) is 13.5. The second kappa shape index (κ2) is 6.76. The van der Waals surface area contributed by atoms with Gasteiger partial charge in [0.25, 0.3) is 5.91 Å². The molecular formula is C19H18N8O. The quantitative estimate of drug-likeness (QED) is 0.584. The number of para-hydroxylation sites is 1. The number of hydrogen-bond donors (Lipinski definition) is 1. The van der Waals surface area contributed by atoms with E-state index in [2.05, 4.69) is 30.2 Å². The zero-order chi connectivity index (χ0) is 18.9. The molecule has 4 heterocycles. The van der Waals surface area contributed by atoms with Crippen molar-refractivity contribution in [2.45, 2.75) is 0 Å². The van der Waals surface area contributed by atoms with Crippen LogP contribution >= 0.6 is 0 Å². The number of fused-ring (bicyclic) bond motifs is 1. The summed E-state index contributed by atoms with van der Waals surface area (Å²) < 4.78 is 1.56. The van der Waals surface area contributed by atoms with Crippen molar-refractivity contribution in [1.82, 2.24) is 34.8 Å². The molecule has 1 aliphatic heterocycles. The van der Waals surface area contributed by atoms with E-state index in [1.807, 2.05) is 41.3 Å². The van der Waals surface area contributed by atoms with Crippen LogP contribution in [-0.4, -0.2) is 66.9 Å². The average molecular weight is 374 g/mol. The maximum absolute atomic E-state index is 12.9. The predicted molar refractivity (Wildman–Crippen MR) is 103 cm³/mol. The summed E-state index contributed by atoms with van der Waals surface area (Å²) in [6.45, 7) is 2.71. The average Bonchev–Trinajstić information content (AvgIpc) is 3.44. The Hall–Kier alpha value is -3.75. The van der Waals surface area contributed by atoms with Crippen LogP contribution in [0.4, 0.5) is 5.82 Å². The number of rotatable bonds is 3. The molecule has 28 heavy (non-hydrogen) atoms. The number of H-pyrrole nitrogens is 1. The number of nitrogens with one attached hydrogen (secondary N) is 1. The molecule has 0 spiro atoms. The van der Waals surface area contributed by atoms with Crippen LogP contribution in [0.3, 0.4) is 0 Å². The minimum absolute atomic E-state index is 0.0599. The Bertz CT molecular complexity index is 1090. The molecule has 1 saturated heterocycles. The SMILES string of the molecule is O=C(c1c[nH]c2ccccc12)N1CCN(c2ccc(-n3cncn3)nn2)CC1. The van der Waals surface area contributed by atoms with Gasteiger partial charge >= 0.3 is 0 Å². The summed E-state index contributed by atoms with van der Waals surface area (Å²) in [5.41, 5.74) is 1.70. The van der Waals surface area contributed by atoms with Gasteiger partial charge < -0.3 is 14.8 Å². The van der Waals surface area contributed by atoms with Crippen LogP contribution in [-0.2, 0) is 0 Å². The third-order valence-corrected chi connectivity index (χ3v) is 5.00. The lowest BCUT2D eigenvalue weighted by Crippen LogP contribution is -2.49. The molecule has 0 atom stereocenters. The maximum Gasteiger partial charge on any atom is 0.256 e. The Labute approximate surface area is 160 Å². The number of nitrogens with zero attached hydrogens (tertiary/aromatic N) is 7. The van der Waals surface area contributed by atoms with Crippen LogP contribution in [0.25, 0.3) is 16.7 Å². The number of anilines is 1. The van der Waals surface area contributed by atoms with E-state index in [0.717, 1.165) is 22.3 Å². The first-order chi connectivity index (χ1) is 13.8. The van der Waals surface area contributed by atoms with Gasteiger partial charge in [-0.1, -0.05) is 18.2 Å². The van der Waals surface area contributed by atoms with Crippen LogP contribution in [0.15, 0.2) is 55.2 Å². The van der Waals surface area contributed by atoms with Gasteiger partial charge in [0.05, 0.1) is 5.56 Å². The summed E-state index contributed by atoms with van der Waals surface area (Å²) in [6.07, 6.45) is 4.84. The normalized spacial score (nSPS) is 14.6. The number of carbonyl (C=O) groups is 1. The highest BCUT2D eigenvalue weighted by Crippen LogP contribution is 2.21. The number of aromatic nitrogens is 6. The largest absolute Gasteiger partial charge is 0.360 e. The van der Waals surface area contributed by atoms with Gasteiger partial charge in [-0.25, -0.2) is 9.67 Å². The third-order valence-electron chi connectivity index (χ3n) is 5.00. The van der Waals surface area contributed by atoms with Gasteiger partial charge in [-0.15, -0.1) is 10.2 Å². The van der Waals surface area contributed by atoms with Gasteiger partial charge in [0.15, 0.2) is 11.6 Å². The highest BCUT2D eigenvalue weighted by Gasteiger charge is 2.24. The van der Waals surface area contributed by atoms with Crippen molar-refractivity contribution in [3.8, 4) is 5.82 Å². The monoisotopic (exact) mass is 374 g/mol. The zero-order valence-corrected chi connectivity index (χ0v) is 15.1. The van der Waals surface area contributed by atoms with Gasteiger partial charge in [-0.05, 0) is 18.2 Å². The molecule has 5 rings (SSSR count). The molecule has 0 unspecified atom stereocenters. The second-order valence-electron chi connectivity index (χ2n) is 6.62. The molecule has 1 aliphatic rings. The van der Waals surface area contributed by atoms with Crippen molar-refractivity contribution in [2.75, 3.05) is 31.1 Å². The van der Waals surface area contributed by atoms with Gasteiger partial charge in [-0.2, -0.15) is 5.10 Å². The smallest absolute Gasteiger partial charge is 0.256 e. The first-order valence-electron chi connectivity index (χ1n) is 9.09. The van der Waals surface area contributed by atoms with Crippen LogP contribution < -0.4 is 4.90 Å². The molecular weight excluding hydrogens is 356 g/mol. The van der Waals surface area contributed by atoms with Crippen LogP contribution in [0, 0.1) is 0 Å². The molecule has 1 amide bonds. The maximum atomic E-state index is 12.9. The van der Waals surface area contributed by atoms with Gasteiger partial charge in [0, 0.05) is 43.3 Å². The standard InChI is InChI=1S/C19H18N8O/c28-19(15-11-21-16-4-2-1-3-14(15)16)26-9-7-25(8-10-26)17-5-6-18(24-23-17)27-13-20-12-22-27/h1-6,11-13,21H,7-10H2. The van der Waals surface area contributed by atoms with Crippen molar-refractivity contribution >= 4 is 22.6 Å². The Kier molecular flexibility index (Phi) is 3.97. The molecule has 1 N–H and O–H groups in total. The van der Waals surface area contributed by atoms with Crippen LogP contribution in [0.2, 0.25) is 0 Å². The van der Waals surface area contributed by atoms with Crippen molar-refractivity contribution in [2.24, 2.45) is 0 Å². The molecule has 3 aromatic heterocycles. The fraction of sp³-hybridized carbons (Fsp3) is 0.211. The van der Waals surface area contributed by atoms with E-state index in [9.17, 15) is 4.79 Å². The van der Waals surface area contributed by atoms with Crippen molar-refractivity contribution in [3.63, 3.8) is 0 Å². The summed E-state index contributed by atoms with van der Waals surface area (Å²) in [5.74, 6) is 1.47. The molecule has 140 valence electrons. The van der Waals surface area contributed by atoms with Gasteiger partial charge in [0.1, 0.15) is 12.7 Å². The molecule has 0 aliphatic carbocycles. The molecule has 0 radical (unpaired) electrons. The fourth-order valence-electron chi connectivity index (χ4n) is 3.49. The van der Waals surface area contributed by atoms with Crippen LogP contribution in [0.1, 0.15) is 10.4 Å². The summed E-state index contributed by atoms with van der Waals surface area (Å²) in [7, 11) is 0. The second-order valence-corrected chi connectivity index (χ2v) is 6.62. The van der Waals surface area contributed by atoms with Crippen molar-refractivity contribution in [3.05, 3.63) is 60.8 Å². The lowest BCUT2D eigenvalue weighted by molar-refractivity contribution is 0.0748. The molecule has 1 aromatic carbocycles. The van der Waals surface area contributed by atoms with E-state index in [-0.39, 0.29) is 5.91 Å². The number of aromatic amines is 1. The van der Waals surface area contributed by atoms with E-state index in [1.165, 1.54) is 6.33 Å². The Morgan fingerprint density at radius 1 is 0.964 bits per heavy atom. The van der Waals surface area contributed by atoms with E-state index < -0.39 is 0 Å². The van der Waals surface area contributed by atoms with Gasteiger partial charge in [0.2, 0.25) is 0 Å². The molecule has 0 bridgehead atoms. The highest BCUT2D eigenvalue weighted by atomic mass is 16.2. The minimum atomic E-state index is 0.0599. The highest BCUT2D eigenvalue weighted by molar-refractivity contribution is 6.06. The first-order valence-corrected chi connectivity index (χ1v) is 9.09. The molecule has 1 fully saturated rings. The zero-order valence-electron chi connectivity index (χ0n) is 15.1. The van der Waals surface area contributed by atoms with E-state index in [0.29, 0.717) is 32.0 Å². The number of hydrogen-bond acceptors (Lipinski definition) is 6. The topological polar surface area (TPSA) is 95.8 Å². The predicted octanol–water partition coefficient (Wildman–Crippen LogP) is 1.50. The van der Waals surface area contributed by atoms with E-state index >= 15 is 0 Å². The molecule has 9 heteroatoms. The summed E-state index contributed by atoms with van der Waals surface area (Å²) >= 11 is 0. The molecule has 9 nitrogen and oxygen atoms in total. The first kappa shape index (κ1) is 16.4. The van der Waals surface area contributed by atoms with E-state index in [4.69, 9.17) is 0 Å². The molecule has 0 saturated carbocycles. The van der Waals surface area contributed by atoms with Crippen LogP contribution in [0.5, 0.6) is 0 Å². The molecule has 4 aromatic rings.